The molecular weight excluding hydrogens is 395 g/mol. The summed E-state index contributed by atoms with van der Waals surface area (Å²) in [6.07, 6.45) is 3.59. The van der Waals surface area contributed by atoms with Gasteiger partial charge in [0.2, 0.25) is 5.88 Å². The Hall–Kier alpha value is -2.52. The summed E-state index contributed by atoms with van der Waals surface area (Å²) < 4.78 is 25.0. The molecule has 9 heteroatoms. The molecule has 2 aromatic rings. The molecule has 1 aromatic heterocycles. The first-order valence-corrected chi connectivity index (χ1v) is 10.1. The summed E-state index contributed by atoms with van der Waals surface area (Å²) in [7, 11) is 1.56. The van der Waals surface area contributed by atoms with E-state index >= 15 is 0 Å². The summed E-state index contributed by atoms with van der Waals surface area (Å²) in [5.41, 5.74) is 6.34. The fourth-order valence-corrected chi connectivity index (χ4v) is 4.06. The number of hydrogen-bond donors (Lipinski definition) is 1. The maximum absolute atomic E-state index is 14.6. The Morgan fingerprint density at radius 2 is 2.10 bits per heavy atom. The Kier molecular flexibility index (Phi) is 6.81. The number of thioether (sulfide) groups is 1. The third-order valence-electron chi connectivity index (χ3n) is 4.63. The number of rotatable bonds is 8. The summed E-state index contributed by atoms with van der Waals surface area (Å²) in [6.45, 7) is 2.48. The van der Waals surface area contributed by atoms with E-state index in [4.69, 9.17) is 15.2 Å². The van der Waals surface area contributed by atoms with Gasteiger partial charge >= 0.3 is 0 Å². The molecule has 29 heavy (non-hydrogen) atoms. The van der Waals surface area contributed by atoms with Gasteiger partial charge in [-0.15, -0.1) is 0 Å². The van der Waals surface area contributed by atoms with Gasteiger partial charge in [-0.25, -0.2) is 14.4 Å². The highest BCUT2D eigenvalue weighted by Crippen LogP contribution is 2.36. The van der Waals surface area contributed by atoms with Crippen LogP contribution in [0.2, 0.25) is 0 Å². The highest BCUT2D eigenvalue weighted by Gasteiger charge is 2.32. The number of benzene rings is 1. The molecule has 0 saturated heterocycles. The van der Waals surface area contributed by atoms with Gasteiger partial charge in [0.05, 0.1) is 12.1 Å². The van der Waals surface area contributed by atoms with Gasteiger partial charge in [0.25, 0.3) is 0 Å². The first-order chi connectivity index (χ1) is 13.9. The van der Waals surface area contributed by atoms with Crippen LogP contribution in [0, 0.1) is 5.82 Å². The van der Waals surface area contributed by atoms with Crippen LogP contribution in [-0.2, 0) is 16.7 Å². The van der Waals surface area contributed by atoms with Crippen molar-refractivity contribution in [1.82, 2.24) is 9.97 Å². The number of carbonyl (C=O) groups excluding carboxylic acids is 1. The lowest BCUT2D eigenvalue weighted by molar-refractivity contribution is 0.0977. The van der Waals surface area contributed by atoms with Gasteiger partial charge in [-0.05, 0) is 31.0 Å². The lowest BCUT2D eigenvalue weighted by atomic mass is 9.87. The number of aliphatic imine (C=N–C) groups is 1. The van der Waals surface area contributed by atoms with Crippen LogP contribution in [0.3, 0.4) is 0 Å². The van der Waals surface area contributed by atoms with Crippen LogP contribution in [0.25, 0.3) is 0 Å². The SMILES string of the molecule is COCCOc1nccnc1C(=O)Cc1ccc(F)c([C@]2(C)CCSC(N)=N2)c1. The number of ketones is 1. The van der Waals surface area contributed by atoms with Gasteiger partial charge < -0.3 is 15.2 Å². The third-order valence-corrected chi connectivity index (χ3v) is 5.42. The number of nitrogens with two attached hydrogens (primary N) is 1. The molecule has 0 spiro atoms. The van der Waals surface area contributed by atoms with Crippen LogP contribution in [0.4, 0.5) is 4.39 Å². The topological polar surface area (TPSA) is 99.7 Å². The largest absolute Gasteiger partial charge is 0.474 e. The number of nitrogens with zero attached hydrogens (tertiary/aromatic N) is 3. The zero-order valence-electron chi connectivity index (χ0n) is 16.4. The van der Waals surface area contributed by atoms with E-state index in [-0.39, 0.29) is 36.2 Å². The summed E-state index contributed by atoms with van der Waals surface area (Å²) in [4.78, 5) is 25.5. The number of methoxy groups -OCH3 is 1. The molecule has 0 saturated carbocycles. The summed E-state index contributed by atoms with van der Waals surface area (Å²) >= 11 is 1.46. The molecule has 1 aromatic carbocycles. The predicted molar refractivity (Wildman–Crippen MR) is 110 cm³/mol. The Bertz CT molecular complexity index is 924. The van der Waals surface area contributed by atoms with Gasteiger partial charge in [0, 0.05) is 37.2 Å². The van der Waals surface area contributed by atoms with Gasteiger partial charge in [-0.2, -0.15) is 0 Å². The van der Waals surface area contributed by atoms with E-state index in [1.165, 1.54) is 30.2 Å². The third kappa shape index (κ3) is 5.10. The molecule has 154 valence electrons. The first kappa shape index (κ1) is 21.2. The van der Waals surface area contributed by atoms with Crippen LogP contribution in [0.15, 0.2) is 35.6 Å². The Morgan fingerprint density at radius 1 is 1.31 bits per heavy atom. The van der Waals surface area contributed by atoms with Crippen molar-refractivity contribution < 1.29 is 18.7 Å². The number of carbonyl (C=O) groups is 1. The minimum atomic E-state index is -0.751. The maximum atomic E-state index is 14.6. The lowest BCUT2D eigenvalue weighted by Crippen LogP contribution is -2.29. The van der Waals surface area contributed by atoms with Gasteiger partial charge in [0.1, 0.15) is 12.4 Å². The monoisotopic (exact) mass is 418 g/mol. The summed E-state index contributed by atoms with van der Waals surface area (Å²) in [5, 5.41) is 0.442. The minimum Gasteiger partial charge on any atom is -0.474 e. The predicted octanol–water partition coefficient (Wildman–Crippen LogP) is 2.73. The molecule has 1 aliphatic rings. The molecule has 7 nitrogen and oxygen atoms in total. The van der Waals surface area contributed by atoms with Crippen LogP contribution < -0.4 is 10.5 Å². The molecule has 0 aliphatic carbocycles. The lowest BCUT2D eigenvalue weighted by Gasteiger charge is -2.30. The summed E-state index contributed by atoms with van der Waals surface area (Å²) in [5.74, 6) is 0.284. The van der Waals surface area contributed by atoms with Gasteiger partial charge in [0.15, 0.2) is 16.6 Å². The molecule has 1 atom stereocenters. The zero-order chi connectivity index (χ0) is 20.9. The number of ether oxygens (including phenoxy) is 2. The molecule has 0 radical (unpaired) electrons. The number of Topliss-reactive ketones (excluding diaryl/α,β-unsaturated/α-hetero) is 1. The van der Waals surface area contributed by atoms with E-state index in [1.54, 1.807) is 19.2 Å². The van der Waals surface area contributed by atoms with Crippen molar-refractivity contribution in [3.05, 3.63) is 53.2 Å². The zero-order valence-corrected chi connectivity index (χ0v) is 17.2. The van der Waals surface area contributed by atoms with Crippen LogP contribution in [0.1, 0.15) is 35.0 Å². The van der Waals surface area contributed by atoms with E-state index in [0.29, 0.717) is 29.3 Å². The number of hydrogen-bond acceptors (Lipinski definition) is 8. The van der Waals surface area contributed by atoms with E-state index in [9.17, 15) is 9.18 Å². The fraction of sp³-hybridized carbons (Fsp3) is 0.400. The molecule has 1 aliphatic heterocycles. The highest BCUT2D eigenvalue weighted by molar-refractivity contribution is 8.13. The molecule has 0 unspecified atom stereocenters. The smallest absolute Gasteiger partial charge is 0.243 e. The molecule has 2 heterocycles. The molecule has 3 rings (SSSR count). The average molecular weight is 418 g/mol. The van der Waals surface area contributed by atoms with Crippen LogP contribution >= 0.6 is 11.8 Å². The van der Waals surface area contributed by atoms with Crippen molar-refractivity contribution in [2.45, 2.75) is 25.3 Å². The van der Waals surface area contributed by atoms with Crippen molar-refractivity contribution in [1.29, 1.82) is 0 Å². The Balaban J connectivity index is 1.83. The average Bonchev–Trinajstić information content (AvgIpc) is 2.69. The van der Waals surface area contributed by atoms with Crippen molar-refractivity contribution in [2.75, 3.05) is 26.1 Å². The van der Waals surface area contributed by atoms with E-state index in [2.05, 4.69) is 15.0 Å². The molecule has 0 bridgehead atoms. The minimum absolute atomic E-state index is 0.0383. The maximum Gasteiger partial charge on any atom is 0.243 e. The Labute approximate surface area is 172 Å². The fourth-order valence-electron chi connectivity index (χ4n) is 3.09. The molecular formula is C20H23FN4O3S. The highest BCUT2D eigenvalue weighted by atomic mass is 32.2. The number of halogens is 1. The standard InChI is InChI=1S/C20H23FN4O3S/c1-20(5-10-29-19(22)25-20)14-11-13(3-4-15(14)21)12-16(26)17-18(24-7-6-23-17)28-9-8-27-2/h3-4,6-7,11H,5,8-10,12H2,1-2H3,(H2,22,25)/t20-/m0/s1. The number of aromatic nitrogens is 2. The molecule has 2 N–H and O–H groups in total. The second-order valence-electron chi connectivity index (χ2n) is 6.79. The van der Waals surface area contributed by atoms with Crippen LogP contribution in [0.5, 0.6) is 5.88 Å². The second-order valence-corrected chi connectivity index (χ2v) is 7.90. The van der Waals surface area contributed by atoms with E-state index < -0.39 is 5.54 Å². The van der Waals surface area contributed by atoms with Crippen molar-refractivity contribution >= 4 is 22.7 Å². The second kappa shape index (κ2) is 9.32. The van der Waals surface area contributed by atoms with Gasteiger partial charge in [-0.3, -0.25) is 9.79 Å². The van der Waals surface area contributed by atoms with Crippen molar-refractivity contribution in [3.8, 4) is 5.88 Å². The quantitative estimate of drug-likeness (QED) is 0.520. The molecule has 0 amide bonds. The summed E-state index contributed by atoms with van der Waals surface area (Å²) in [6, 6.07) is 4.64. The molecule has 0 fully saturated rings. The first-order valence-electron chi connectivity index (χ1n) is 9.16. The van der Waals surface area contributed by atoms with E-state index in [1.807, 2.05) is 6.92 Å². The van der Waals surface area contributed by atoms with Crippen molar-refractivity contribution in [3.63, 3.8) is 0 Å². The van der Waals surface area contributed by atoms with Crippen LogP contribution in [-0.4, -0.2) is 47.0 Å². The Morgan fingerprint density at radius 3 is 2.86 bits per heavy atom. The number of amidine groups is 1. The normalized spacial score (nSPS) is 18.9. The van der Waals surface area contributed by atoms with E-state index in [0.717, 1.165) is 5.75 Å². The van der Waals surface area contributed by atoms with Crippen molar-refractivity contribution in [2.24, 2.45) is 10.7 Å². The van der Waals surface area contributed by atoms with Gasteiger partial charge in [-0.1, -0.05) is 17.8 Å².